The van der Waals surface area contributed by atoms with Crippen LogP contribution in [0.15, 0.2) is 48.8 Å². The Labute approximate surface area is 153 Å². The first-order valence-corrected chi connectivity index (χ1v) is 9.02. The molecule has 1 aromatic heterocycles. The van der Waals surface area contributed by atoms with E-state index in [2.05, 4.69) is 9.88 Å². The van der Waals surface area contributed by atoms with Gasteiger partial charge in [0.15, 0.2) is 0 Å². The highest BCUT2D eigenvalue weighted by Gasteiger charge is 2.33. The van der Waals surface area contributed by atoms with E-state index in [1.54, 1.807) is 17.3 Å². The van der Waals surface area contributed by atoms with E-state index >= 15 is 0 Å². The smallest absolute Gasteiger partial charge is 0.241 e. The molecule has 2 aliphatic rings. The number of aliphatic hydroxyl groups excluding tert-OH is 1. The van der Waals surface area contributed by atoms with Crippen molar-refractivity contribution in [1.82, 2.24) is 9.88 Å². The summed E-state index contributed by atoms with van der Waals surface area (Å²) in [5, 5.41) is 10.4. The molecule has 0 saturated carbocycles. The van der Waals surface area contributed by atoms with Crippen molar-refractivity contribution in [2.24, 2.45) is 5.92 Å². The number of anilines is 1. The van der Waals surface area contributed by atoms with Crippen LogP contribution in [0.25, 0.3) is 0 Å². The maximum Gasteiger partial charge on any atom is 0.241 e. The highest BCUT2D eigenvalue weighted by atomic mass is 16.5. The van der Waals surface area contributed by atoms with E-state index in [4.69, 9.17) is 4.74 Å². The molecule has 3 heterocycles. The predicted molar refractivity (Wildman–Crippen MR) is 98.2 cm³/mol. The van der Waals surface area contributed by atoms with Crippen LogP contribution in [0.4, 0.5) is 5.69 Å². The van der Waals surface area contributed by atoms with Crippen LogP contribution in [-0.2, 0) is 11.2 Å². The first-order chi connectivity index (χ1) is 12.7. The maximum atomic E-state index is 12.8. The fourth-order valence-corrected chi connectivity index (χ4v) is 3.80. The lowest BCUT2D eigenvalue weighted by molar-refractivity contribution is -0.119. The molecule has 0 bridgehead atoms. The predicted octanol–water partition coefficient (Wildman–Crippen LogP) is 1.34. The number of carbonyl (C=O) groups is 1. The third-order valence-corrected chi connectivity index (χ3v) is 5.12. The number of aromatic nitrogens is 1. The second-order valence-electron chi connectivity index (χ2n) is 6.94. The molecule has 6 heteroatoms. The molecule has 2 aromatic rings. The summed E-state index contributed by atoms with van der Waals surface area (Å²) in [5.41, 5.74) is 2.00. The van der Waals surface area contributed by atoms with Crippen molar-refractivity contribution < 1.29 is 14.6 Å². The molecule has 0 spiro atoms. The second-order valence-corrected chi connectivity index (χ2v) is 6.94. The number of carbonyl (C=O) groups excluding carboxylic acids is 1. The van der Waals surface area contributed by atoms with Crippen LogP contribution in [0.3, 0.4) is 0 Å². The molecule has 0 aliphatic carbocycles. The van der Waals surface area contributed by atoms with Gasteiger partial charge in [-0.25, -0.2) is 0 Å². The average molecular weight is 353 g/mol. The quantitative estimate of drug-likeness (QED) is 0.899. The number of aliphatic hydroxyl groups is 1. The Bertz CT molecular complexity index is 768. The number of para-hydroxylation sites is 2. The number of nitrogens with zero attached hydrogens (tertiary/aromatic N) is 3. The molecule has 26 heavy (non-hydrogen) atoms. The molecule has 2 atom stereocenters. The van der Waals surface area contributed by atoms with E-state index in [1.807, 2.05) is 36.4 Å². The Balaban J connectivity index is 1.38. The zero-order valence-electron chi connectivity index (χ0n) is 14.6. The third kappa shape index (κ3) is 3.57. The molecule has 1 saturated heterocycles. The minimum atomic E-state index is -0.409. The van der Waals surface area contributed by atoms with Gasteiger partial charge in [0.2, 0.25) is 5.91 Å². The minimum absolute atomic E-state index is 0.0533. The number of likely N-dealkylation sites (tertiary alicyclic amines) is 1. The fourth-order valence-electron chi connectivity index (χ4n) is 3.80. The Hall–Kier alpha value is -2.44. The lowest BCUT2D eigenvalue weighted by atomic mass is 9.97. The number of β-amino-alcohol motifs (C(OH)–C–C–N with tert-alkyl or cyclic N) is 1. The minimum Gasteiger partial charge on any atom is -0.490 e. The summed E-state index contributed by atoms with van der Waals surface area (Å²) in [6, 6.07) is 11.6. The molecule has 1 fully saturated rings. The third-order valence-electron chi connectivity index (χ3n) is 5.12. The summed E-state index contributed by atoms with van der Waals surface area (Å²) in [6.07, 6.45) is 3.93. The zero-order chi connectivity index (χ0) is 17.9. The van der Waals surface area contributed by atoms with E-state index in [9.17, 15) is 9.90 Å². The molecule has 1 N–H and O–H groups in total. The molecule has 4 rings (SSSR count). The topological polar surface area (TPSA) is 65.9 Å². The molecule has 2 aliphatic heterocycles. The highest BCUT2D eigenvalue weighted by Crippen LogP contribution is 2.31. The molecule has 0 radical (unpaired) electrons. The first kappa shape index (κ1) is 17.0. The molecule has 1 amide bonds. The van der Waals surface area contributed by atoms with Crippen LogP contribution < -0.4 is 9.64 Å². The molecular weight excluding hydrogens is 330 g/mol. The number of hydrogen-bond acceptors (Lipinski definition) is 5. The van der Waals surface area contributed by atoms with Gasteiger partial charge in [-0.3, -0.25) is 14.7 Å². The average Bonchev–Trinajstić information content (AvgIpc) is 3.01. The number of pyridine rings is 1. The van der Waals surface area contributed by atoms with Crippen molar-refractivity contribution in [2.75, 3.05) is 37.7 Å². The van der Waals surface area contributed by atoms with Crippen molar-refractivity contribution in [1.29, 1.82) is 0 Å². The van der Waals surface area contributed by atoms with E-state index in [-0.39, 0.29) is 11.8 Å². The molecule has 1 aromatic carbocycles. The van der Waals surface area contributed by atoms with Gasteiger partial charge in [-0.2, -0.15) is 0 Å². The monoisotopic (exact) mass is 353 g/mol. The summed E-state index contributed by atoms with van der Waals surface area (Å²) in [5.74, 6) is 0.948. The SMILES string of the molecule is O=C(CN1C[C@@H](Cc2ccncc2)[C@H](O)C1)N1CCOc2ccccc21. The van der Waals surface area contributed by atoms with Crippen LogP contribution in [0.1, 0.15) is 5.56 Å². The summed E-state index contributed by atoms with van der Waals surface area (Å²) >= 11 is 0. The highest BCUT2D eigenvalue weighted by molar-refractivity contribution is 5.96. The van der Waals surface area contributed by atoms with E-state index in [0.29, 0.717) is 26.2 Å². The van der Waals surface area contributed by atoms with Gasteiger partial charge in [-0.15, -0.1) is 0 Å². The first-order valence-electron chi connectivity index (χ1n) is 9.02. The van der Waals surface area contributed by atoms with Gasteiger partial charge in [0.1, 0.15) is 12.4 Å². The van der Waals surface area contributed by atoms with Gasteiger partial charge >= 0.3 is 0 Å². The fraction of sp³-hybridized carbons (Fsp3) is 0.400. The van der Waals surface area contributed by atoms with Crippen LogP contribution in [0, 0.1) is 5.92 Å². The largest absolute Gasteiger partial charge is 0.490 e. The lowest BCUT2D eigenvalue weighted by Crippen LogP contribution is -2.43. The number of hydrogen-bond donors (Lipinski definition) is 1. The Morgan fingerprint density at radius 3 is 2.85 bits per heavy atom. The van der Waals surface area contributed by atoms with Gasteiger partial charge in [0, 0.05) is 31.4 Å². The number of ether oxygens (including phenoxy) is 1. The summed E-state index contributed by atoms with van der Waals surface area (Å²) in [4.78, 5) is 20.7. The Morgan fingerprint density at radius 2 is 2.00 bits per heavy atom. The van der Waals surface area contributed by atoms with Crippen molar-refractivity contribution in [2.45, 2.75) is 12.5 Å². The van der Waals surface area contributed by atoms with Gasteiger partial charge < -0.3 is 14.7 Å². The maximum absolute atomic E-state index is 12.8. The van der Waals surface area contributed by atoms with Gasteiger partial charge in [0.05, 0.1) is 24.9 Å². The van der Waals surface area contributed by atoms with Crippen molar-refractivity contribution in [3.05, 3.63) is 54.4 Å². The molecule has 136 valence electrons. The summed E-state index contributed by atoms with van der Waals surface area (Å²) in [6.45, 7) is 2.65. The lowest BCUT2D eigenvalue weighted by Gasteiger charge is -2.30. The van der Waals surface area contributed by atoms with E-state index < -0.39 is 6.10 Å². The molecular formula is C20H23N3O3. The van der Waals surface area contributed by atoms with Crippen molar-refractivity contribution >= 4 is 11.6 Å². The van der Waals surface area contributed by atoms with Gasteiger partial charge in [-0.1, -0.05) is 12.1 Å². The Morgan fingerprint density at radius 1 is 1.19 bits per heavy atom. The van der Waals surface area contributed by atoms with Crippen LogP contribution in [0.5, 0.6) is 5.75 Å². The van der Waals surface area contributed by atoms with Crippen molar-refractivity contribution in [3.8, 4) is 5.75 Å². The van der Waals surface area contributed by atoms with Crippen LogP contribution in [-0.4, -0.2) is 59.8 Å². The zero-order valence-corrected chi connectivity index (χ0v) is 14.6. The molecule has 6 nitrogen and oxygen atoms in total. The molecule has 0 unspecified atom stereocenters. The summed E-state index contributed by atoms with van der Waals surface area (Å²) in [7, 11) is 0. The standard InChI is InChI=1S/C20H23N3O3/c24-18-13-22(12-16(18)11-15-5-7-21-8-6-15)14-20(25)23-9-10-26-19-4-2-1-3-17(19)23/h1-8,16,18,24H,9-14H2/t16-,18-/m1/s1. The number of fused-ring (bicyclic) bond motifs is 1. The van der Waals surface area contributed by atoms with Crippen LogP contribution >= 0.6 is 0 Å². The normalized spacial score (nSPS) is 22.7. The van der Waals surface area contributed by atoms with Crippen molar-refractivity contribution in [3.63, 3.8) is 0 Å². The second kappa shape index (κ2) is 7.43. The summed E-state index contributed by atoms with van der Waals surface area (Å²) < 4.78 is 5.62. The number of benzene rings is 1. The number of rotatable bonds is 4. The van der Waals surface area contributed by atoms with E-state index in [1.165, 1.54) is 5.56 Å². The number of amides is 1. The van der Waals surface area contributed by atoms with Crippen LogP contribution in [0.2, 0.25) is 0 Å². The van der Waals surface area contributed by atoms with Gasteiger partial charge in [0.25, 0.3) is 0 Å². The van der Waals surface area contributed by atoms with Gasteiger partial charge in [-0.05, 0) is 36.2 Å². The van der Waals surface area contributed by atoms with E-state index in [0.717, 1.165) is 24.4 Å². The Kier molecular flexibility index (Phi) is 4.86.